The normalized spacial score (nSPS) is 19.4. The van der Waals surface area contributed by atoms with Gasteiger partial charge in [0.15, 0.2) is 0 Å². The van der Waals surface area contributed by atoms with E-state index in [-0.39, 0.29) is 23.4 Å². The number of carbonyl (C=O) groups excluding carboxylic acids is 2. The SMILES string of the molecule is O=C1C(=O)N(CCBr)C(c2ccccc2F)C1=C(O)c1ccccc1. The topological polar surface area (TPSA) is 57.6 Å². The first-order valence-electron chi connectivity index (χ1n) is 7.70. The lowest BCUT2D eigenvalue weighted by molar-refractivity contribution is -0.139. The lowest BCUT2D eigenvalue weighted by atomic mass is 9.95. The lowest BCUT2D eigenvalue weighted by Crippen LogP contribution is -2.31. The van der Waals surface area contributed by atoms with Gasteiger partial charge in [-0.2, -0.15) is 0 Å². The van der Waals surface area contributed by atoms with E-state index in [9.17, 15) is 19.1 Å². The number of carbonyl (C=O) groups is 2. The first-order chi connectivity index (χ1) is 12.1. The monoisotopic (exact) mass is 403 g/mol. The summed E-state index contributed by atoms with van der Waals surface area (Å²) in [6.45, 7) is 0.217. The molecule has 1 fully saturated rings. The molecule has 0 bridgehead atoms. The molecule has 1 unspecified atom stereocenters. The van der Waals surface area contributed by atoms with E-state index in [1.54, 1.807) is 36.4 Å². The van der Waals surface area contributed by atoms with Gasteiger partial charge in [0, 0.05) is 23.0 Å². The fourth-order valence-electron chi connectivity index (χ4n) is 2.97. The molecule has 0 aliphatic carbocycles. The average molecular weight is 404 g/mol. The molecule has 25 heavy (non-hydrogen) atoms. The van der Waals surface area contributed by atoms with E-state index in [1.165, 1.54) is 23.1 Å². The molecule has 1 aliphatic heterocycles. The zero-order valence-corrected chi connectivity index (χ0v) is 14.7. The van der Waals surface area contributed by atoms with Crippen LogP contribution in [0.15, 0.2) is 60.2 Å². The van der Waals surface area contributed by atoms with Gasteiger partial charge < -0.3 is 10.0 Å². The minimum Gasteiger partial charge on any atom is -0.507 e. The number of rotatable bonds is 4. The van der Waals surface area contributed by atoms with Crippen molar-refractivity contribution >= 4 is 33.4 Å². The van der Waals surface area contributed by atoms with Crippen LogP contribution in [0.5, 0.6) is 0 Å². The molecule has 4 nitrogen and oxygen atoms in total. The summed E-state index contributed by atoms with van der Waals surface area (Å²) < 4.78 is 14.4. The summed E-state index contributed by atoms with van der Waals surface area (Å²) in [6.07, 6.45) is 0. The third-order valence-electron chi connectivity index (χ3n) is 4.11. The van der Waals surface area contributed by atoms with Gasteiger partial charge >= 0.3 is 0 Å². The Bertz CT molecular complexity index is 851. The number of aliphatic hydroxyl groups excluding tert-OH is 1. The predicted molar refractivity (Wildman–Crippen MR) is 95.6 cm³/mol. The van der Waals surface area contributed by atoms with Gasteiger partial charge in [-0.15, -0.1) is 0 Å². The first kappa shape index (κ1) is 17.4. The van der Waals surface area contributed by atoms with Gasteiger partial charge in [-0.05, 0) is 6.07 Å². The highest BCUT2D eigenvalue weighted by Crippen LogP contribution is 2.40. The third-order valence-corrected chi connectivity index (χ3v) is 4.47. The summed E-state index contributed by atoms with van der Waals surface area (Å²) in [5, 5.41) is 11.1. The van der Waals surface area contributed by atoms with Crippen molar-refractivity contribution in [1.29, 1.82) is 0 Å². The summed E-state index contributed by atoms with van der Waals surface area (Å²) in [4.78, 5) is 26.3. The number of amides is 1. The van der Waals surface area contributed by atoms with Crippen molar-refractivity contribution in [2.75, 3.05) is 11.9 Å². The van der Waals surface area contributed by atoms with Crippen molar-refractivity contribution in [3.05, 3.63) is 77.1 Å². The van der Waals surface area contributed by atoms with Gasteiger partial charge in [0.1, 0.15) is 11.6 Å². The highest BCUT2D eigenvalue weighted by molar-refractivity contribution is 9.09. The Kier molecular flexibility index (Phi) is 4.99. The molecule has 1 saturated heterocycles. The van der Waals surface area contributed by atoms with Gasteiger partial charge in [-0.3, -0.25) is 9.59 Å². The van der Waals surface area contributed by atoms with Crippen LogP contribution in [0.3, 0.4) is 0 Å². The highest BCUT2D eigenvalue weighted by atomic mass is 79.9. The van der Waals surface area contributed by atoms with Crippen molar-refractivity contribution in [2.24, 2.45) is 0 Å². The van der Waals surface area contributed by atoms with Gasteiger partial charge in [0.05, 0.1) is 11.6 Å². The van der Waals surface area contributed by atoms with Gasteiger partial charge in [-0.25, -0.2) is 4.39 Å². The molecule has 1 heterocycles. The van der Waals surface area contributed by atoms with Gasteiger partial charge in [-0.1, -0.05) is 64.5 Å². The number of Topliss-reactive ketones (excluding diaryl/α,β-unsaturated/α-hetero) is 1. The molecule has 0 saturated carbocycles. The smallest absolute Gasteiger partial charge is 0.295 e. The van der Waals surface area contributed by atoms with Gasteiger partial charge in [0.25, 0.3) is 11.7 Å². The van der Waals surface area contributed by atoms with Crippen molar-refractivity contribution in [2.45, 2.75) is 6.04 Å². The average Bonchev–Trinajstić information content (AvgIpc) is 2.87. The second-order valence-electron chi connectivity index (χ2n) is 5.57. The number of halogens is 2. The van der Waals surface area contributed by atoms with Crippen LogP contribution in [0.1, 0.15) is 17.2 Å². The fraction of sp³-hybridized carbons (Fsp3) is 0.158. The Labute approximate surface area is 152 Å². The molecule has 1 atom stereocenters. The largest absolute Gasteiger partial charge is 0.507 e. The van der Waals surface area contributed by atoms with Crippen molar-refractivity contribution in [1.82, 2.24) is 4.90 Å². The Morgan fingerprint density at radius 2 is 1.72 bits per heavy atom. The molecular weight excluding hydrogens is 389 g/mol. The number of aliphatic hydroxyl groups is 1. The third kappa shape index (κ3) is 3.09. The Balaban J connectivity index is 2.22. The summed E-state index contributed by atoms with van der Waals surface area (Å²) in [7, 11) is 0. The van der Waals surface area contributed by atoms with E-state index in [0.29, 0.717) is 10.9 Å². The number of nitrogens with zero attached hydrogens (tertiary/aromatic N) is 1. The fourth-order valence-corrected chi connectivity index (χ4v) is 3.36. The Morgan fingerprint density at radius 3 is 2.36 bits per heavy atom. The number of hydrogen-bond donors (Lipinski definition) is 1. The van der Waals surface area contributed by atoms with Crippen LogP contribution >= 0.6 is 15.9 Å². The maximum atomic E-state index is 14.4. The van der Waals surface area contributed by atoms with Crippen LogP contribution in [-0.2, 0) is 9.59 Å². The predicted octanol–water partition coefficient (Wildman–Crippen LogP) is 3.64. The number of benzene rings is 2. The molecule has 1 N–H and O–H groups in total. The summed E-state index contributed by atoms with van der Waals surface area (Å²) >= 11 is 3.25. The number of alkyl halides is 1. The van der Waals surface area contributed by atoms with Crippen LogP contribution in [-0.4, -0.2) is 33.6 Å². The Hall–Kier alpha value is -2.47. The maximum Gasteiger partial charge on any atom is 0.295 e. The molecule has 0 radical (unpaired) electrons. The van der Waals surface area contributed by atoms with Gasteiger partial charge in [0.2, 0.25) is 0 Å². The van der Waals surface area contributed by atoms with E-state index in [4.69, 9.17) is 0 Å². The van der Waals surface area contributed by atoms with Crippen LogP contribution < -0.4 is 0 Å². The van der Waals surface area contributed by atoms with Crippen molar-refractivity contribution in [3.63, 3.8) is 0 Å². The quantitative estimate of drug-likeness (QED) is 0.367. The van der Waals surface area contributed by atoms with Crippen LogP contribution in [0.2, 0.25) is 0 Å². The van der Waals surface area contributed by atoms with Crippen LogP contribution in [0, 0.1) is 5.82 Å². The molecule has 3 rings (SSSR count). The molecule has 1 amide bonds. The first-order valence-corrected chi connectivity index (χ1v) is 8.82. The van der Waals surface area contributed by atoms with E-state index >= 15 is 0 Å². The zero-order valence-electron chi connectivity index (χ0n) is 13.2. The number of hydrogen-bond acceptors (Lipinski definition) is 3. The van der Waals surface area contributed by atoms with Crippen molar-refractivity contribution < 1.29 is 19.1 Å². The molecule has 2 aromatic carbocycles. The summed E-state index contributed by atoms with van der Waals surface area (Å²) in [6, 6.07) is 13.5. The second kappa shape index (κ2) is 7.19. The number of ketones is 1. The van der Waals surface area contributed by atoms with Crippen molar-refractivity contribution in [3.8, 4) is 0 Å². The maximum absolute atomic E-state index is 14.4. The van der Waals surface area contributed by atoms with E-state index in [1.807, 2.05) is 0 Å². The van der Waals surface area contributed by atoms with E-state index in [2.05, 4.69) is 15.9 Å². The minimum atomic E-state index is -0.959. The Morgan fingerprint density at radius 1 is 1.08 bits per heavy atom. The minimum absolute atomic E-state index is 0.0951. The molecule has 6 heteroatoms. The number of likely N-dealkylation sites (tertiary alicyclic amines) is 1. The molecule has 1 aliphatic rings. The second-order valence-corrected chi connectivity index (χ2v) is 6.36. The highest BCUT2D eigenvalue weighted by Gasteiger charge is 2.46. The summed E-state index contributed by atoms with van der Waals surface area (Å²) in [5.41, 5.74) is 0.489. The summed E-state index contributed by atoms with van der Waals surface area (Å²) in [5.74, 6) is -2.39. The van der Waals surface area contributed by atoms with E-state index in [0.717, 1.165) is 0 Å². The molecular formula is C19H15BrFNO3. The molecule has 128 valence electrons. The van der Waals surface area contributed by atoms with E-state index < -0.39 is 23.5 Å². The molecule has 0 spiro atoms. The molecule has 0 aromatic heterocycles. The standard InChI is InChI=1S/C19H15BrFNO3/c20-10-11-22-16(13-8-4-5-9-14(13)21)15(18(24)19(22)25)17(23)12-6-2-1-3-7-12/h1-9,16,23H,10-11H2. The van der Waals surface area contributed by atoms with Crippen LogP contribution in [0.25, 0.3) is 5.76 Å². The zero-order chi connectivity index (χ0) is 18.0. The lowest BCUT2D eigenvalue weighted by Gasteiger charge is -2.24. The molecule has 2 aromatic rings. The van der Waals surface area contributed by atoms with Crippen LogP contribution in [0.4, 0.5) is 4.39 Å².